The molecule has 0 spiro atoms. The molecule has 1 aliphatic rings. The van der Waals surface area contributed by atoms with E-state index in [1.54, 1.807) is 19.2 Å². The molecule has 0 amide bonds. The minimum Gasteiger partial charge on any atom is -0.497 e. The summed E-state index contributed by atoms with van der Waals surface area (Å²) in [4.78, 5) is 15.1. The zero-order valence-corrected chi connectivity index (χ0v) is 14.0. The fraction of sp³-hybridized carbons (Fsp3) is 0.471. The molecule has 2 aromatic rings. The van der Waals surface area contributed by atoms with Crippen molar-refractivity contribution in [2.24, 2.45) is 0 Å². The van der Waals surface area contributed by atoms with Gasteiger partial charge >= 0.3 is 5.97 Å². The molecule has 1 aromatic carbocycles. The molecule has 24 heavy (non-hydrogen) atoms. The van der Waals surface area contributed by atoms with Crippen molar-refractivity contribution in [3.63, 3.8) is 0 Å². The standard InChI is InChI=1S/C17H22N4O3/c1-3-12-6-4-5-11-20(12)16-15(17(22)23)18-21(19-16)13-7-9-14(24-2)10-8-13/h7-10,12H,3-6,11H2,1-2H3,(H,22,23)/t12-/m1/s1. The number of hydrogen-bond acceptors (Lipinski definition) is 5. The molecule has 0 bridgehead atoms. The van der Waals surface area contributed by atoms with Crippen molar-refractivity contribution in [1.29, 1.82) is 0 Å². The second-order valence-electron chi connectivity index (χ2n) is 5.92. The Labute approximate surface area is 140 Å². The van der Waals surface area contributed by atoms with Gasteiger partial charge in [0.05, 0.1) is 12.8 Å². The first-order valence-electron chi connectivity index (χ1n) is 8.25. The van der Waals surface area contributed by atoms with Gasteiger partial charge in [-0.2, -0.15) is 0 Å². The van der Waals surface area contributed by atoms with Gasteiger partial charge in [0, 0.05) is 12.6 Å². The minimum atomic E-state index is -1.05. The summed E-state index contributed by atoms with van der Waals surface area (Å²) in [6, 6.07) is 7.53. The number of methoxy groups -OCH3 is 1. The highest BCUT2D eigenvalue weighted by molar-refractivity contribution is 5.91. The number of piperidine rings is 1. The fourth-order valence-corrected chi connectivity index (χ4v) is 3.17. The Morgan fingerprint density at radius 2 is 2.04 bits per heavy atom. The molecule has 1 aliphatic heterocycles. The number of carboxylic acid groups (broad SMARTS) is 1. The molecule has 2 heterocycles. The number of ether oxygens (including phenoxy) is 1. The lowest BCUT2D eigenvalue weighted by molar-refractivity contribution is 0.0690. The lowest BCUT2D eigenvalue weighted by Gasteiger charge is -2.35. The zero-order valence-electron chi connectivity index (χ0n) is 14.0. The van der Waals surface area contributed by atoms with E-state index < -0.39 is 5.97 Å². The molecule has 1 aromatic heterocycles. The second-order valence-corrected chi connectivity index (χ2v) is 5.92. The van der Waals surface area contributed by atoms with E-state index in [1.165, 1.54) is 11.2 Å². The zero-order chi connectivity index (χ0) is 17.1. The van der Waals surface area contributed by atoms with E-state index in [-0.39, 0.29) is 5.69 Å². The molecule has 7 nitrogen and oxygen atoms in total. The van der Waals surface area contributed by atoms with E-state index in [2.05, 4.69) is 22.0 Å². The SMILES string of the molecule is CC[C@@H]1CCCCN1c1nn(-c2ccc(OC)cc2)nc1C(=O)O. The van der Waals surface area contributed by atoms with Gasteiger partial charge in [0.1, 0.15) is 5.75 Å². The molecular formula is C17H22N4O3. The Morgan fingerprint density at radius 3 is 2.67 bits per heavy atom. The number of aromatic carboxylic acids is 1. The Bertz CT molecular complexity index is 711. The molecule has 1 atom stereocenters. The van der Waals surface area contributed by atoms with Crippen molar-refractivity contribution < 1.29 is 14.6 Å². The van der Waals surface area contributed by atoms with Crippen LogP contribution in [0.4, 0.5) is 5.82 Å². The topological polar surface area (TPSA) is 80.5 Å². The number of carboxylic acids is 1. The molecule has 1 fully saturated rings. The summed E-state index contributed by atoms with van der Waals surface area (Å²) >= 11 is 0. The van der Waals surface area contributed by atoms with Gasteiger partial charge in [-0.3, -0.25) is 0 Å². The van der Waals surface area contributed by atoms with Crippen LogP contribution < -0.4 is 9.64 Å². The first-order chi connectivity index (χ1) is 11.6. The average Bonchev–Trinajstić information content (AvgIpc) is 3.07. The maximum Gasteiger partial charge on any atom is 0.360 e. The smallest absolute Gasteiger partial charge is 0.360 e. The first-order valence-corrected chi connectivity index (χ1v) is 8.25. The van der Waals surface area contributed by atoms with E-state index in [4.69, 9.17) is 4.74 Å². The Balaban J connectivity index is 1.99. The third-order valence-corrected chi connectivity index (χ3v) is 4.47. The van der Waals surface area contributed by atoms with Crippen LogP contribution in [0.5, 0.6) is 5.75 Å². The number of hydrogen-bond donors (Lipinski definition) is 1. The van der Waals surface area contributed by atoms with Gasteiger partial charge in [0.15, 0.2) is 5.82 Å². The summed E-state index contributed by atoms with van der Waals surface area (Å²) in [5.41, 5.74) is 0.709. The fourth-order valence-electron chi connectivity index (χ4n) is 3.17. The highest BCUT2D eigenvalue weighted by atomic mass is 16.5. The van der Waals surface area contributed by atoms with E-state index in [0.717, 1.165) is 31.6 Å². The van der Waals surface area contributed by atoms with Gasteiger partial charge < -0.3 is 14.7 Å². The van der Waals surface area contributed by atoms with Crippen LogP contribution in [0.1, 0.15) is 43.1 Å². The van der Waals surface area contributed by atoms with Gasteiger partial charge in [-0.25, -0.2) is 4.79 Å². The van der Waals surface area contributed by atoms with Crippen molar-refractivity contribution >= 4 is 11.8 Å². The Morgan fingerprint density at radius 1 is 1.29 bits per heavy atom. The molecule has 0 saturated carbocycles. The van der Waals surface area contributed by atoms with Crippen LogP contribution in [0.2, 0.25) is 0 Å². The highest BCUT2D eigenvalue weighted by Gasteiger charge is 2.29. The summed E-state index contributed by atoms with van der Waals surface area (Å²) in [5, 5.41) is 18.2. The summed E-state index contributed by atoms with van der Waals surface area (Å²) < 4.78 is 5.14. The third kappa shape index (κ3) is 3.06. The predicted molar refractivity (Wildman–Crippen MR) is 90.1 cm³/mol. The van der Waals surface area contributed by atoms with Crippen LogP contribution in [-0.4, -0.2) is 45.8 Å². The Kier molecular flexibility index (Phi) is 4.69. The maximum atomic E-state index is 11.6. The molecule has 3 rings (SSSR count). The molecule has 0 unspecified atom stereocenters. The lowest BCUT2D eigenvalue weighted by Crippen LogP contribution is -2.40. The molecular weight excluding hydrogens is 308 g/mol. The number of nitrogens with zero attached hydrogens (tertiary/aromatic N) is 4. The summed E-state index contributed by atoms with van der Waals surface area (Å²) in [5.74, 6) is 0.140. The quantitative estimate of drug-likeness (QED) is 0.908. The van der Waals surface area contributed by atoms with Crippen LogP contribution in [0.25, 0.3) is 5.69 Å². The summed E-state index contributed by atoms with van der Waals surface area (Å²) in [7, 11) is 1.60. The number of benzene rings is 1. The molecule has 0 aliphatic carbocycles. The first kappa shape index (κ1) is 16.3. The van der Waals surface area contributed by atoms with E-state index in [0.29, 0.717) is 17.5 Å². The van der Waals surface area contributed by atoms with E-state index in [9.17, 15) is 9.90 Å². The molecule has 128 valence electrons. The monoisotopic (exact) mass is 330 g/mol. The third-order valence-electron chi connectivity index (χ3n) is 4.47. The number of anilines is 1. The molecule has 1 N–H and O–H groups in total. The highest BCUT2D eigenvalue weighted by Crippen LogP contribution is 2.28. The predicted octanol–water partition coefficient (Wildman–Crippen LogP) is 2.74. The van der Waals surface area contributed by atoms with Crippen molar-refractivity contribution in [3.8, 4) is 11.4 Å². The van der Waals surface area contributed by atoms with E-state index >= 15 is 0 Å². The molecule has 1 saturated heterocycles. The number of rotatable bonds is 5. The number of carbonyl (C=O) groups is 1. The van der Waals surface area contributed by atoms with Crippen molar-refractivity contribution in [3.05, 3.63) is 30.0 Å². The van der Waals surface area contributed by atoms with E-state index in [1.807, 2.05) is 12.1 Å². The summed E-state index contributed by atoms with van der Waals surface area (Å²) in [6.45, 7) is 2.94. The van der Waals surface area contributed by atoms with Crippen LogP contribution >= 0.6 is 0 Å². The van der Waals surface area contributed by atoms with Gasteiger partial charge in [-0.1, -0.05) is 6.92 Å². The Hall–Kier alpha value is -2.57. The van der Waals surface area contributed by atoms with Crippen LogP contribution in [0.3, 0.4) is 0 Å². The maximum absolute atomic E-state index is 11.6. The van der Waals surface area contributed by atoms with Gasteiger partial charge in [0.25, 0.3) is 0 Å². The van der Waals surface area contributed by atoms with Crippen molar-refractivity contribution in [1.82, 2.24) is 15.0 Å². The normalized spacial score (nSPS) is 17.8. The van der Waals surface area contributed by atoms with Crippen LogP contribution in [0.15, 0.2) is 24.3 Å². The summed E-state index contributed by atoms with van der Waals surface area (Å²) in [6.07, 6.45) is 4.24. The van der Waals surface area contributed by atoms with Gasteiger partial charge in [0.2, 0.25) is 5.69 Å². The van der Waals surface area contributed by atoms with Crippen LogP contribution in [0, 0.1) is 0 Å². The van der Waals surface area contributed by atoms with Gasteiger partial charge in [-0.15, -0.1) is 15.0 Å². The lowest BCUT2D eigenvalue weighted by atomic mass is 10.00. The molecule has 7 heteroatoms. The van der Waals surface area contributed by atoms with Gasteiger partial charge in [-0.05, 0) is 49.9 Å². The van der Waals surface area contributed by atoms with Crippen LogP contribution in [-0.2, 0) is 0 Å². The largest absolute Gasteiger partial charge is 0.497 e. The number of aromatic nitrogens is 3. The average molecular weight is 330 g/mol. The second kappa shape index (κ2) is 6.90. The van der Waals surface area contributed by atoms with Crippen molar-refractivity contribution in [2.45, 2.75) is 38.6 Å². The minimum absolute atomic E-state index is 0.00571. The van der Waals surface area contributed by atoms with Crippen molar-refractivity contribution in [2.75, 3.05) is 18.6 Å². The molecule has 0 radical (unpaired) electrons.